The van der Waals surface area contributed by atoms with Gasteiger partial charge >= 0.3 is 0 Å². The molecule has 116 valence electrons. The van der Waals surface area contributed by atoms with Crippen molar-refractivity contribution in [3.05, 3.63) is 59.7 Å². The topological polar surface area (TPSA) is 50.4 Å². The molecule has 0 aromatic heterocycles. The number of amides is 1. The van der Waals surface area contributed by atoms with Gasteiger partial charge in [-0.25, -0.2) is 0 Å². The van der Waals surface area contributed by atoms with Gasteiger partial charge in [0.05, 0.1) is 13.7 Å². The van der Waals surface area contributed by atoms with Gasteiger partial charge < -0.3 is 15.4 Å². The molecule has 0 atom stereocenters. The van der Waals surface area contributed by atoms with Gasteiger partial charge in [-0.3, -0.25) is 4.79 Å². The Balaban J connectivity index is 1.80. The lowest BCUT2D eigenvalue weighted by Gasteiger charge is -2.11. The van der Waals surface area contributed by atoms with Crippen molar-refractivity contribution in [1.82, 2.24) is 5.32 Å². The van der Waals surface area contributed by atoms with Crippen molar-refractivity contribution in [1.29, 1.82) is 0 Å². The van der Waals surface area contributed by atoms with Crippen LogP contribution >= 0.6 is 0 Å². The van der Waals surface area contributed by atoms with E-state index in [2.05, 4.69) is 23.6 Å². The van der Waals surface area contributed by atoms with Gasteiger partial charge in [-0.05, 0) is 35.7 Å². The maximum absolute atomic E-state index is 11.9. The Kier molecular flexibility index (Phi) is 5.83. The van der Waals surface area contributed by atoms with Crippen LogP contribution < -0.4 is 15.4 Å². The summed E-state index contributed by atoms with van der Waals surface area (Å²) < 4.78 is 5.11. The molecule has 0 aliphatic rings. The second-order valence-electron chi connectivity index (χ2n) is 4.99. The van der Waals surface area contributed by atoms with Gasteiger partial charge in [0.15, 0.2) is 0 Å². The summed E-state index contributed by atoms with van der Waals surface area (Å²) in [5.41, 5.74) is 3.28. The van der Waals surface area contributed by atoms with Crippen LogP contribution in [0.4, 0.5) is 5.69 Å². The zero-order valence-corrected chi connectivity index (χ0v) is 13.1. The minimum absolute atomic E-state index is 0.0262. The predicted molar refractivity (Wildman–Crippen MR) is 89.2 cm³/mol. The van der Waals surface area contributed by atoms with E-state index in [1.54, 1.807) is 7.11 Å². The van der Waals surface area contributed by atoms with Crippen molar-refractivity contribution in [2.45, 2.75) is 19.9 Å². The highest BCUT2D eigenvalue weighted by molar-refractivity contribution is 5.80. The lowest BCUT2D eigenvalue weighted by molar-refractivity contribution is -0.119. The number of ether oxygens (including phenoxy) is 1. The number of methoxy groups -OCH3 is 1. The predicted octanol–water partition coefficient (Wildman–Crippen LogP) is 2.99. The molecule has 2 rings (SSSR count). The molecule has 1 amide bonds. The number of carbonyl (C=O) groups excluding carboxylic acids is 1. The van der Waals surface area contributed by atoms with Crippen LogP contribution in [0.25, 0.3) is 0 Å². The van der Waals surface area contributed by atoms with Gasteiger partial charge in [-0.1, -0.05) is 37.3 Å². The Bertz CT molecular complexity index is 609. The molecule has 4 nitrogen and oxygen atoms in total. The van der Waals surface area contributed by atoms with Gasteiger partial charge in [-0.2, -0.15) is 0 Å². The molecule has 4 heteroatoms. The third-order valence-electron chi connectivity index (χ3n) is 3.49. The Hall–Kier alpha value is -2.49. The molecule has 0 bridgehead atoms. The largest absolute Gasteiger partial charge is 0.497 e. The molecule has 0 unspecified atom stereocenters. The van der Waals surface area contributed by atoms with E-state index in [4.69, 9.17) is 4.74 Å². The van der Waals surface area contributed by atoms with E-state index >= 15 is 0 Å². The first-order valence-corrected chi connectivity index (χ1v) is 7.44. The highest BCUT2D eigenvalue weighted by atomic mass is 16.5. The van der Waals surface area contributed by atoms with Gasteiger partial charge in [0.2, 0.25) is 5.91 Å². The standard InChI is InChI=1S/C18H22N2O2/c1-3-15-6-4-5-7-17(15)19-13-18(21)20-12-14-8-10-16(22-2)11-9-14/h4-11,19H,3,12-13H2,1-2H3,(H,20,21). The third-order valence-corrected chi connectivity index (χ3v) is 3.49. The summed E-state index contributed by atoms with van der Waals surface area (Å²) in [7, 11) is 1.64. The smallest absolute Gasteiger partial charge is 0.239 e. The van der Waals surface area contributed by atoms with Crippen LogP contribution in [0.3, 0.4) is 0 Å². The summed E-state index contributed by atoms with van der Waals surface area (Å²) in [5.74, 6) is 0.787. The molecule has 2 aromatic rings. The highest BCUT2D eigenvalue weighted by Crippen LogP contribution is 2.15. The number of anilines is 1. The molecule has 2 N–H and O–H groups in total. The Morgan fingerprint density at radius 3 is 2.50 bits per heavy atom. The second kappa shape index (κ2) is 8.08. The molecule has 0 aliphatic heterocycles. The van der Waals surface area contributed by atoms with E-state index in [1.807, 2.05) is 42.5 Å². The normalized spacial score (nSPS) is 10.1. The molecule has 0 radical (unpaired) electrons. The fourth-order valence-electron chi connectivity index (χ4n) is 2.18. The second-order valence-corrected chi connectivity index (χ2v) is 4.99. The zero-order valence-electron chi connectivity index (χ0n) is 13.1. The van der Waals surface area contributed by atoms with Gasteiger partial charge in [0, 0.05) is 12.2 Å². The van der Waals surface area contributed by atoms with E-state index in [0.29, 0.717) is 6.54 Å². The lowest BCUT2D eigenvalue weighted by atomic mass is 10.1. The van der Waals surface area contributed by atoms with E-state index in [9.17, 15) is 4.79 Å². The molecular weight excluding hydrogens is 276 g/mol. The van der Waals surface area contributed by atoms with Crippen LogP contribution in [-0.4, -0.2) is 19.6 Å². The van der Waals surface area contributed by atoms with E-state index in [-0.39, 0.29) is 12.5 Å². The number of hydrogen-bond donors (Lipinski definition) is 2. The number of rotatable bonds is 7. The van der Waals surface area contributed by atoms with Crippen LogP contribution in [0.1, 0.15) is 18.1 Å². The van der Waals surface area contributed by atoms with E-state index < -0.39 is 0 Å². The van der Waals surface area contributed by atoms with Gasteiger partial charge in [-0.15, -0.1) is 0 Å². The molecule has 0 spiro atoms. The SMILES string of the molecule is CCc1ccccc1NCC(=O)NCc1ccc(OC)cc1. The summed E-state index contributed by atoms with van der Waals surface area (Å²) in [6, 6.07) is 15.7. The van der Waals surface area contributed by atoms with Crippen LogP contribution in [-0.2, 0) is 17.8 Å². The molecule has 22 heavy (non-hydrogen) atoms. The van der Waals surface area contributed by atoms with Crippen LogP contribution in [0.2, 0.25) is 0 Å². The summed E-state index contributed by atoms with van der Waals surface area (Å²) in [4.78, 5) is 11.9. The van der Waals surface area contributed by atoms with Crippen LogP contribution in [0.15, 0.2) is 48.5 Å². The molecule has 0 aliphatic carbocycles. The van der Waals surface area contributed by atoms with E-state index in [0.717, 1.165) is 23.4 Å². The summed E-state index contributed by atoms with van der Waals surface area (Å²) in [5, 5.41) is 6.09. The Morgan fingerprint density at radius 1 is 1.09 bits per heavy atom. The summed E-state index contributed by atoms with van der Waals surface area (Å²) >= 11 is 0. The first kappa shape index (κ1) is 15.9. The van der Waals surface area contributed by atoms with Crippen molar-refractivity contribution in [2.75, 3.05) is 19.0 Å². The number of para-hydroxylation sites is 1. The fourth-order valence-corrected chi connectivity index (χ4v) is 2.18. The van der Waals surface area contributed by atoms with Gasteiger partial charge in [0.1, 0.15) is 5.75 Å². The molecule has 2 aromatic carbocycles. The highest BCUT2D eigenvalue weighted by Gasteiger charge is 2.04. The Labute approximate surface area is 131 Å². The molecule has 0 heterocycles. The summed E-state index contributed by atoms with van der Waals surface area (Å²) in [6.45, 7) is 2.89. The Morgan fingerprint density at radius 2 is 1.82 bits per heavy atom. The number of benzene rings is 2. The van der Waals surface area contributed by atoms with Gasteiger partial charge in [0.25, 0.3) is 0 Å². The van der Waals surface area contributed by atoms with Crippen LogP contribution in [0.5, 0.6) is 5.75 Å². The minimum atomic E-state index is -0.0262. The van der Waals surface area contributed by atoms with Crippen molar-refractivity contribution in [3.63, 3.8) is 0 Å². The maximum Gasteiger partial charge on any atom is 0.239 e. The number of carbonyl (C=O) groups is 1. The lowest BCUT2D eigenvalue weighted by Crippen LogP contribution is -2.29. The van der Waals surface area contributed by atoms with Crippen molar-refractivity contribution in [3.8, 4) is 5.75 Å². The maximum atomic E-state index is 11.9. The quantitative estimate of drug-likeness (QED) is 0.826. The first-order chi connectivity index (χ1) is 10.7. The number of aryl methyl sites for hydroxylation is 1. The number of nitrogens with one attached hydrogen (secondary N) is 2. The molecule has 0 fully saturated rings. The van der Waals surface area contributed by atoms with Crippen molar-refractivity contribution >= 4 is 11.6 Å². The first-order valence-electron chi connectivity index (χ1n) is 7.44. The number of hydrogen-bond acceptors (Lipinski definition) is 3. The fraction of sp³-hybridized carbons (Fsp3) is 0.278. The van der Waals surface area contributed by atoms with Crippen molar-refractivity contribution < 1.29 is 9.53 Å². The average molecular weight is 298 g/mol. The average Bonchev–Trinajstić information content (AvgIpc) is 2.58. The molecule has 0 saturated carbocycles. The minimum Gasteiger partial charge on any atom is -0.497 e. The van der Waals surface area contributed by atoms with Crippen molar-refractivity contribution in [2.24, 2.45) is 0 Å². The van der Waals surface area contributed by atoms with Crippen LogP contribution in [0, 0.1) is 0 Å². The third kappa shape index (κ3) is 4.52. The van der Waals surface area contributed by atoms with E-state index in [1.165, 1.54) is 5.56 Å². The molecular formula is C18H22N2O2. The molecule has 0 saturated heterocycles. The zero-order chi connectivity index (χ0) is 15.8. The monoisotopic (exact) mass is 298 g/mol. The summed E-state index contributed by atoms with van der Waals surface area (Å²) in [6.07, 6.45) is 0.941.